The minimum absolute atomic E-state index is 0.0800. The number of rotatable bonds is 5. The molecule has 0 aliphatic carbocycles. The quantitative estimate of drug-likeness (QED) is 0.422. The number of hydrogen-bond acceptors (Lipinski definition) is 2. The van der Waals surface area contributed by atoms with E-state index in [1.54, 1.807) is 12.4 Å². The molecule has 4 rings (SSSR count). The van der Waals surface area contributed by atoms with Crippen molar-refractivity contribution in [3.63, 3.8) is 0 Å². The summed E-state index contributed by atoms with van der Waals surface area (Å²) < 4.78 is 3.68. The number of aromatic amines is 1. The molecule has 0 spiro atoms. The van der Waals surface area contributed by atoms with E-state index >= 15 is 0 Å². The maximum absolute atomic E-state index is 12.5. The molecule has 0 fully saturated rings. The Labute approximate surface area is 173 Å². The number of hydrogen-bond donors (Lipinski definition) is 2. The lowest BCUT2D eigenvalue weighted by atomic mass is 10.1. The molecule has 0 aliphatic heterocycles. The fraction of sp³-hybridized carbons (Fsp3) is 0.100. The standard InChI is InChI=1S/C20H16Br2N4O/c21-17-10-15-16(12-24-19(15)11-18(17)22)20(27)23-8-6-13-2-4-14(5-3-13)26-9-1-7-25-26/h1-5,7,9-12,24H,6,8H2,(H,23,27). The van der Waals surface area contributed by atoms with E-state index in [0.29, 0.717) is 12.1 Å². The Hall–Kier alpha value is -2.38. The van der Waals surface area contributed by atoms with Crippen molar-refractivity contribution in [2.75, 3.05) is 6.54 Å². The van der Waals surface area contributed by atoms with E-state index in [1.807, 2.05) is 41.2 Å². The van der Waals surface area contributed by atoms with Crippen molar-refractivity contribution < 1.29 is 4.79 Å². The monoisotopic (exact) mass is 486 g/mol. The number of nitrogens with zero attached hydrogens (tertiary/aromatic N) is 2. The van der Waals surface area contributed by atoms with Gasteiger partial charge in [0.2, 0.25) is 0 Å². The van der Waals surface area contributed by atoms with Gasteiger partial charge in [0.05, 0.1) is 11.3 Å². The lowest BCUT2D eigenvalue weighted by molar-refractivity contribution is 0.0956. The van der Waals surface area contributed by atoms with Crippen molar-refractivity contribution in [1.29, 1.82) is 0 Å². The van der Waals surface area contributed by atoms with Gasteiger partial charge in [0.15, 0.2) is 0 Å². The van der Waals surface area contributed by atoms with Crippen LogP contribution in [0.4, 0.5) is 0 Å². The van der Waals surface area contributed by atoms with Gasteiger partial charge in [-0.2, -0.15) is 5.10 Å². The van der Waals surface area contributed by atoms with Crippen LogP contribution >= 0.6 is 31.9 Å². The van der Waals surface area contributed by atoms with E-state index < -0.39 is 0 Å². The minimum Gasteiger partial charge on any atom is -0.360 e. The van der Waals surface area contributed by atoms with Crippen LogP contribution in [0.15, 0.2) is 70.0 Å². The number of carbonyl (C=O) groups excluding carboxylic acids is 1. The fourth-order valence-electron chi connectivity index (χ4n) is 2.96. The Morgan fingerprint density at radius 2 is 1.93 bits per heavy atom. The van der Waals surface area contributed by atoms with Gasteiger partial charge in [-0.05, 0) is 74.2 Å². The Morgan fingerprint density at radius 3 is 2.67 bits per heavy atom. The first-order valence-electron chi connectivity index (χ1n) is 8.45. The largest absolute Gasteiger partial charge is 0.360 e. The third-order valence-corrected chi connectivity index (χ3v) is 6.22. The summed E-state index contributed by atoms with van der Waals surface area (Å²) >= 11 is 6.96. The molecule has 0 bridgehead atoms. The van der Waals surface area contributed by atoms with Crippen LogP contribution in [0, 0.1) is 0 Å². The van der Waals surface area contributed by atoms with Crippen molar-refractivity contribution in [3.8, 4) is 5.69 Å². The Morgan fingerprint density at radius 1 is 1.15 bits per heavy atom. The van der Waals surface area contributed by atoms with Gasteiger partial charge in [0, 0.05) is 45.0 Å². The van der Waals surface area contributed by atoms with Crippen LogP contribution in [-0.4, -0.2) is 27.2 Å². The first-order valence-corrected chi connectivity index (χ1v) is 10.0. The van der Waals surface area contributed by atoms with E-state index in [1.165, 1.54) is 0 Å². The summed E-state index contributed by atoms with van der Waals surface area (Å²) in [5.74, 6) is -0.0800. The summed E-state index contributed by atoms with van der Waals surface area (Å²) in [6, 6.07) is 14.0. The summed E-state index contributed by atoms with van der Waals surface area (Å²) in [5, 5.41) is 8.11. The van der Waals surface area contributed by atoms with Crippen LogP contribution < -0.4 is 5.32 Å². The van der Waals surface area contributed by atoms with E-state index in [9.17, 15) is 4.79 Å². The zero-order valence-electron chi connectivity index (χ0n) is 14.2. The van der Waals surface area contributed by atoms with Gasteiger partial charge in [-0.25, -0.2) is 4.68 Å². The lowest BCUT2D eigenvalue weighted by Gasteiger charge is -2.07. The number of fused-ring (bicyclic) bond motifs is 1. The number of carbonyl (C=O) groups is 1. The first-order chi connectivity index (χ1) is 13.1. The molecule has 0 radical (unpaired) electrons. The van der Waals surface area contributed by atoms with E-state index in [-0.39, 0.29) is 5.91 Å². The Kier molecular flexibility index (Phi) is 5.13. The predicted octanol–water partition coefficient (Wildman–Crippen LogP) is 4.85. The van der Waals surface area contributed by atoms with E-state index in [0.717, 1.165) is 37.5 Å². The second-order valence-electron chi connectivity index (χ2n) is 6.14. The molecule has 136 valence electrons. The molecule has 0 saturated heterocycles. The van der Waals surface area contributed by atoms with E-state index in [2.05, 4.69) is 59.4 Å². The Balaban J connectivity index is 1.39. The van der Waals surface area contributed by atoms with Gasteiger partial charge in [0.1, 0.15) is 0 Å². The molecule has 2 aromatic carbocycles. The maximum Gasteiger partial charge on any atom is 0.253 e. The number of H-pyrrole nitrogens is 1. The van der Waals surface area contributed by atoms with E-state index in [4.69, 9.17) is 0 Å². The summed E-state index contributed by atoms with van der Waals surface area (Å²) in [7, 11) is 0. The average molecular weight is 488 g/mol. The molecule has 0 atom stereocenters. The predicted molar refractivity (Wildman–Crippen MR) is 113 cm³/mol. The number of amides is 1. The molecular formula is C20H16Br2N4O. The summed E-state index contributed by atoms with van der Waals surface area (Å²) in [6.07, 6.45) is 6.18. The molecule has 7 heteroatoms. The molecule has 5 nitrogen and oxygen atoms in total. The first kappa shape index (κ1) is 18.0. The topological polar surface area (TPSA) is 62.7 Å². The van der Waals surface area contributed by atoms with Crippen molar-refractivity contribution in [3.05, 3.63) is 81.1 Å². The molecule has 1 amide bonds. The highest BCUT2D eigenvalue weighted by atomic mass is 79.9. The highest BCUT2D eigenvalue weighted by molar-refractivity contribution is 9.13. The highest BCUT2D eigenvalue weighted by Crippen LogP contribution is 2.30. The van der Waals surface area contributed by atoms with Gasteiger partial charge < -0.3 is 10.3 Å². The highest BCUT2D eigenvalue weighted by Gasteiger charge is 2.13. The van der Waals surface area contributed by atoms with Crippen LogP contribution in [-0.2, 0) is 6.42 Å². The van der Waals surface area contributed by atoms with Crippen LogP contribution in [0.3, 0.4) is 0 Å². The zero-order chi connectivity index (χ0) is 18.8. The molecule has 2 aromatic heterocycles. The van der Waals surface area contributed by atoms with Crippen molar-refractivity contribution >= 4 is 48.7 Å². The van der Waals surface area contributed by atoms with Gasteiger partial charge in [-0.3, -0.25) is 4.79 Å². The molecule has 4 aromatic rings. The second-order valence-corrected chi connectivity index (χ2v) is 7.85. The van der Waals surface area contributed by atoms with Crippen molar-refractivity contribution in [1.82, 2.24) is 20.1 Å². The number of halogens is 2. The van der Waals surface area contributed by atoms with Gasteiger partial charge in [-0.15, -0.1) is 0 Å². The van der Waals surface area contributed by atoms with Gasteiger partial charge >= 0.3 is 0 Å². The molecule has 2 heterocycles. The third kappa shape index (κ3) is 3.84. The van der Waals surface area contributed by atoms with Crippen molar-refractivity contribution in [2.24, 2.45) is 0 Å². The number of aromatic nitrogens is 3. The van der Waals surface area contributed by atoms with Crippen LogP contribution in [0.1, 0.15) is 15.9 Å². The SMILES string of the molecule is O=C(NCCc1ccc(-n2cccn2)cc1)c1c[nH]c2cc(Br)c(Br)cc12. The molecule has 27 heavy (non-hydrogen) atoms. The Bertz CT molecular complexity index is 1090. The molecular weight excluding hydrogens is 472 g/mol. The number of benzene rings is 2. The smallest absolute Gasteiger partial charge is 0.253 e. The van der Waals surface area contributed by atoms with Crippen LogP contribution in [0.2, 0.25) is 0 Å². The summed E-state index contributed by atoms with van der Waals surface area (Å²) in [5.41, 5.74) is 3.75. The normalized spacial score (nSPS) is 11.0. The van der Waals surface area contributed by atoms with Crippen molar-refractivity contribution in [2.45, 2.75) is 6.42 Å². The van der Waals surface area contributed by atoms with Crippen LogP contribution in [0.5, 0.6) is 0 Å². The number of nitrogens with one attached hydrogen (secondary N) is 2. The van der Waals surface area contributed by atoms with Gasteiger partial charge in [-0.1, -0.05) is 12.1 Å². The van der Waals surface area contributed by atoms with Crippen LogP contribution in [0.25, 0.3) is 16.6 Å². The lowest BCUT2D eigenvalue weighted by Crippen LogP contribution is -2.25. The second kappa shape index (κ2) is 7.70. The maximum atomic E-state index is 12.5. The molecule has 0 aliphatic rings. The summed E-state index contributed by atoms with van der Waals surface area (Å²) in [4.78, 5) is 15.7. The third-order valence-electron chi connectivity index (χ3n) is 4.37. The molecule has 2 N–H and O–H groups in total. The molecule has 0 saturated carbocycles. The summed E-state index contributed by atoms with van der Waals surface area (Å²) in [6.45, 7) is 0.574. The average Bonchev–Trinajstić information content (AvgIpc) is 3.33. The zero-order valence-corrected chi connectivity index (χ0v) is 17.4. The fourth-order valence-corrected chi connectivity index (χ4v) is 3.64. The van der Waals surface area contributed by atoms with Gasteiger partial charge in [0.25, 0.3) is 5.91 Å². The minimum atomic E-state index is -0.0800. The molecule has 0 unspecified atom stereocenters.